The summed E-state index contributed by atoms with van der Waals surface area (Å²) < 4.78 is 25.2. The average molecular weight is 521 g/mol. The molecule has 4 nitrogen and oxygen atoms in total. The van der Waals surface area contributed by atoms with Gasteiger partial charge in [0.25, 0.3) is 0 Å². The van der Waals surface area contributed by atoms with E-state index in [0.717, 1.165) is 35.5 Å². The number of nitrogens with zero attached hydrogens (tertiary/aromatic N) is 2. The Balaban J connectivity index is 1.37. The van der Waals surface area contributed by atoms with Crippen molar-refractivity contribution in [2.45, 2.75) is 91.2 Å². The molecule has 1 aromatic heterocycles. The number of unbranched alkanes of at least 4 members (excludes halogenated alkanes) is 9. The third-order valence-corrected chi connectivity index (χ3v) is 6.85. The summed E-state index contributed by atoms with van der Waals surface area (Å²) in [5.41, 5.74) is 2.90. The van der Waals surface area contributed by atoms with E-state index in [1.807, 2.05) is 74.8 Å². The lowest BCUT2D eigenvalue weighted by molar-refractivity contribution is 0.155. The van der Waals surface area contributed by atoms with Crippen LogP contribution in [-0.4, -0.2) is 29.4 Å². The first-order chi connectivity index (χ1) is 18.6. The number of rotatable bonds is 18. The lowest BCUT2D eigenvalue weighted by Crippen LogP contribution is -2.18. The number of aromatic nitrogens is 2. The van der Waals surface area contributed by atoms with Gasteiger partial charge in [-0.3, -0.25) is 0 Å². The summed E-state index contributed by atoms with van der Waals surface area (Å²) in [5.74, 6) is 2.13. The van der Waals surface area contributed by atoms with Gasteiger partial charge in [-0.25, -0.2) is 14.4 Å². The predicted molar refractivity (Wildman–Crippen MR) is 155 cm³/mol. The molecule has 0 saturated heterocycles. The van der Waals surface area contributed by atoms with Gasteiger partial charge in [0.1, 0.15) is 24.3 Å². The first kappa shape index (κ1) is 29.6. The van der Waals surface area contributed by atoms with Crippen molar-refractivity contribution in [3.05, 3.63) is 60.9 Å². The van der Waals surface area contributed by atoms with Gasteiger partial charge in [-0.05, 0) is 54.3 Å². The van der Waals surface area contributed by atoms with Crippen LogP contribution in [0.5, 0.6) is 11.5 Å². The summed E-state index contributed by atoms with van der Waals surface area (Å²) in [6, 6.07) is 15.6. The van der Waals surface area contributed by atoms with E-state index >= 15 is 0 Å². The first-order valence-electron chi connectivity index (χ1n) is 14.5. The Morgan fingerprint density at radius 1 is 0.632 bits per heavy atom. The van der Waals surface area contributed by atoms with Crippen LogP contribution in [0.3, 0.4) is 0 Å². The van der Waals surface area contributed by atoms with Gasteiger partial charge in [-0.15, -0.1) is 0 Å². The van der Waals surface area contributed by atoms with Crippen molar-refractivity contribution in [3.8, 4) is 34.0 Å². The third kappa shape index (κ3) is 10.4. The molecule has 0 amide bonds. The maximum Gasteiger partial charge on any atom is 0.159 e. The van der Waals surface area contributed by atoms with Crippen LogP contribution in [0.25, 0.3) is 22.5 Å². The van der Waals surface area contributed by atoms with Crippen molar-refractivity contribution in [1.29, 1.82) is 0 Å². The number of benzene rings is 2. The molecule has 0 spiro atoms. The van der Waals surface area contributed by atoms with E-state index in [2.05, 4.69) is 16.9 Å². The van der Waals surface area contributed by atoms with E-state index < -0.39 is 6.17 Å². The second-order valence-corrected chi connectivity index (χ2v) is 10.4. The summed E-state index contributed by atoms with van der Waals surface area (Å²) in [4.78, 5) is 9.08. The Morgan fingerprint density at radius 2 is 1.13 bits per heavy atom. The van der Waals surface area contributed by atoms with Gasteiger partial charge in [0.15, 0.2) is 5.82 Å². The fourth-order valence-electron chi connectivity index (χ4n) is 4.22. The Morgan fingerprint density at radius 3 is 1.68 bits per heavy atom. The van der Waals surface area contributed by atoms with Gasteiger partial charge in [-0.1, -0.05) is 90.7 Å². The molecule has 38 heavy (non-hydrogen) atoms. The molecule has 1 heterocycles. The number of halogens is 1. The lowest BCUT2D eigenvalue weighted by Gasteiger charge is -2.13. The minimum atomic E-state index is -0.976. The summed E-state index contributed by atoms with van der Waals surface area (Å²) in [5, 5.41) is 0. The van der Waals surface area contributed by atoms with Crippen LogP contribution < -0.4 is 9.47 Å². The highest BCUT2D eigenvalue weighted by Gasteiger charge is 2.12. The van der Waals surface area contributed by atoms with E-state index in [4.69, 9.17) is 9.47 Å². The van der Waals surface area contributed by atoms with Crippen molar-refractivity contribution < 1.29 is 13.9 Å². The van der Waals surface area contributed by atoms with Crippen LogP contribution in [0.1, 0.15) is 85.0 Å². The highest BCUT2D eigenvalue weighted by atomic mass is 19.1. The zero-order valence-corrected chi connectivity index (χ0v) is 23.5. The van der Waals surface area contributed by atoms with E-state index in [9.17, 15) is 4.39 Å². The summed E-state index contributed by atoms with van der Waals surface area (Å²) in [7, 11) is 0. The van der Waals surface area contributed by atoms with Crippen molar-refractivity contribution >= 4 is 0 Å². The molecule has 5 heteroatoms. The zero-order chi connectivity index (χ0) is 27.0. The Hall–Kier alpha value is -2.95. The zero-order valence-electron chi connectivity index (χ0n) is 23.5. The lowest BCUT2D eigenvalue weighted by atomic mass is 10.1. The Labute approximate surface area is 229 Å². The molecule has 3 aromatic rings. The molecule has 206 valence electrons. The van der Waals surface area contributed by atoms with Gasteiger partial charge < -0.3 is 9.47 Å². The van der Waals surface area contributed by atoms with Crippen molar-refractivity contribution in [1.82, 2.24) is 9.97 Å². The molecule has 0 radical (unpaired) electrons. The summed E-state index contributed by atoms with van der Waals surface area (Å²) >= 11 is 0. The van der Waals surface area contributed by atoms with Crippen molar-refractivity contribution in [3.63, 3.8) is 0 Å². The highest BCUT2D eigenvalue weighted by Crippen LogP contribution is 2.24. The van der Waals surface area contributed by atoms with Gasteiger partial charge >= 0.3 is 0 Å². The molecule has 0 aliphatic rings. The molecule has 3 rings (SSSR count). The van der Waals surface area contributed by atoms with Gasteiger partial charge in [0, 0.05) is 23.5 Å². The minimum absolute atomic E-state index is 0.0562. The molecule has 0 fully saturated rings. The Bertz CT molecular complexity index is 1020. The predicted octanol–water partition coefficient (Wildman–Crippen LogP) is 9.48. The van der Waals surface area contributed by atoms with Gasteiger partial charge in [-0.2, -0.15) is 0 Å². The maximum absolute atomic E-state index is 13.8. The van der Waals surface area contributed by atoms with Crippen LogP contribution in [0.2, 0.25) is 0 Å². The van der Waals surface area contributed by atoms with Crippen molar-refractivity contribution in [2.75, 3.05) is 13.2 Å². The smallest absolute Gasteiger partial charge is 0.159 e. The average Bonchev–Trinajstić information content (AvgIpc) is 2.95. The molecule has 2 aromatic carbocycles. The largest absolute Gasteiger partial charge is 0.494 e. The maximum atomic E-state index is 13.8. The number of alkyl halides is 1. The van der Waals surface area contributed by atoms with Crippen LogP contribution in [0.15, 0.2) is 60.9 Å². The summed E-state index contributed by atoms with van der Waals surface area (Å²) in [6.07, 6.45) is 16.0. The molecular weight excluding hydrogens is 475 g/mol. The fraction of sp³-hybridized carbons (Fsp3) is 0.515. The first-order valence-corrected chi connectivity index (χ1v) is 14.5. The van der Waals surface area contributed by atoms with Crippen LogP contribution in [0, 0.1) is 5.92 Å². The van der Waals surface area contributed by atoms with E-state index in [0.29, 0.717) is 11.6 Å². The molecule has 0 bridgehead atoms. The standard InChI is InChI=1S/C33H45FN2O2/c1-4-5-6-7-8-9-10-11-12-13-22-37-30-18-14-27(15-19-30)29-23-35-33(36-24-29)28-16-20-31(21-17-28)38-25-32(34)26(2)3/h14-21,23-24,26,32H,4-13,22,25H2,1-3H3. The quantitative estimate of drug-likeness (QED) is 0.157. The second kappa shape index (κ2) is 16.8. The fourth-order valence-corrected chi connectivity index (χ4v) is 4.22. The molecule has 0 aliphatic carbocycles. The van der Waals surface area contributed by atoms with Crippen molar-refractivity contribution in [2.24, 2.45) is 5.92 Å². The molecule has 1 atom stereocenters. The molecule has 0 aliphatic heterocycles. The molecule has 1 unspecified atom stereocenters. The van der Waals surface area contributed by atoms with Crippen LogP contribution in [-0.2, 0) is 0 Å². The molecule has 0 saturated carbocycles. The van der Waals surface area contributed by atoms with Gasteiger partial charge in [0.2, 0.25) is 0 Å². The minimum Gasteiger partial charge on any atom is -0.494 e. The van der Waals surface area contributed by atoms with Crippen LogP contribution in [0.4, 0.5) is 4.39 Å². The van der Waals surface area contributed by atoms with Gasteiger partial charge in [0.05, 0.1) is 6.61 Å². The SMILES string of the molecule is CCCCCCCCCCCCOc1ccc(-c2cnc(-c3ccc(OCC(F)C(C)C)cc3)nc2)cc1. The molecule has 0 N–H and O–H groups in total. The van der Waals surface area contributed by atoms with Crippen LogP contribution >= 0.6 is 0 Å². The van der Waals surface area contributed by atoms with E-state index in [1.165, 1.54) is 57.8 Å². The topological polar surface area (TPSA) is 44.2 Å². The normalized spacial score (nSPS) is 12.0. The van der Waals surface area contributed by atoms with E-state index in [1.54, 1.807) is 0 Å². The Kier molecular flexibility index (Phi) is 13.1. The van der Waals surface area contributed by atoms with E-state index in [-0.39, 0.29) is 12.5 Å². The highest BCUT2D eigenvalue weighted by molar-refractivity contribution is 5.64. The number of ether oxygens (including phenoxy) is 2. The monoisotopic (exact) mass is 520 g/mol. The number of hydrogen-bond donors (Lipinski definition) is 0. The third-order valence-electron chi connectivity index (χ3n) is 6.85. The summed E-state index contributed by atoms with van der Waals surface area (Å²) in [6.45, 7) is 6.79. The second-order valence-electron chi connectivity index (χ2n) is 10.4. The molecular formula is C33H45FN2O2. The number of hydrogen-bond acceptors (Lipinski definition) is 4.